The number of carbonyl (C=O) groups is 1. The normalized spacial score (nSPS) is 15.3. The summed E-state index contributed by atoms with van der Waals surface area (Å²) in [6.07, 6.45) is -1.06. The van der Waals surface area contributed by atoms with E-state index in [1.54, 1.807) is 6.92 Å². The molecule has 0 radical (unpaired) electrons. The van der Waals surface area contributed by atoms with E-state index < -0.39 is 23.7 Å². The van der Waals surface area contributed by atoms with Crippen molar-refractivity contribution in [1.29, 1.82) is 0 Å². The maximum absolute atomic E-state index is 13.0. The third kappa shape index (κ3) is 4.33. The van der Waals surface area contributed by atoms with Gasteiger partial charge in [-0.2, -0.15) is 23.3 Å². The van der Waals surface area contributed by atoms with E-state index in [1.807, 2.05) is 13.8 Å². The molecule has 0 bridgehead atoms. The number of nitrogens with zero attached hydrogens (tertiary/aromatic N) is 4. The third-order valence-electron chi connectivity index (χ3n) is 5.29. The monoisotopic (exact) mass is 433 g/mol. The Kier molecular flexibility index (Phi) is 5.32. The lowest BCUT2D eigenvalue weighted by atomic mass is 10.0. The predicted octanol–water partition coefficient (Wildman–Crippen LogP) is 4.59. The lowest BCUT2D eigenvalue weighted by Crippen LogP contribution is -2.32. The summed E-state index contributed by atoms with van der Waals surface area (Å²) < 4.78 is 45.8. The number of hydrogen-bond donors (Lipinski definition) is 1. The maximum Gasteiger partial charge on any atom is 0.416 e. The van der Waals surface area contributed by atoms with Gasteiger partial charge in [-0.15, -0.1) is 0 Å². The summed E-state index contributed by atoms with van der Waals surface area (Å²) in [6, 6.07) is 4.30. The highest BCUT2D eigenvalue weighted by Crippen LogP contribution is 2.38. The Hall–Kier alpha value is -3.17. The summed E-state index contributed by atoms with van der Waals surface area (Å²) in [6.45, 7) is 5.47. The SMILES string of the molecule is Cc1c(C(=O)NC(c2nc(C3CC3)no2)C(C)C)cnn1-c1cccc(C(F)(F)F)c1. The Morgan fingerprint density at radius 2 is 2.03 bits per heavy atom. The van der Waals surface area contributed by atoms with Gasteiger partial charge in [0.05, 0.1) is 28.7 Å². The van der Waals surface area contributed by atoms with Crippen molar-refractivity contribution in [3.63, 3.8) is 0 Å². The average Bonchev–Trinajstić information content (AvgIpc) is 3.32. The molecule has 4 rings (SSSR count). The second-order valence-corrected chi connectivity index (χ2v) is 8.06. The van der Waals surface area contributed by atoms with Crippen LogP contribution in [0, 0.1) is 12.8 Å². The highest BCUT2D eigenvalue weighted by Gasteiger charge is 2.33. The number of carbonyl (C=O) groups excluding carboxylic acids is 1. The molecule has 10 heteroatoms. The van der Waals surface area contributed by atoms with E-state index in [0.29, 0.717) is 23.3 Å². The molecule has 1 aliphatic rings. The molecule has 1 atom stereocenters. The van der Waals surface area contributed by atoms with Crippen molar-refractivity contribution in [2.24, 2.45) is 5.92 Å². The molecule has 3 aromatic rings. The molecule has 1 amide bonds. The fraction of sp³-hybridized carbons (Fsp3) is 0.429. The molecule has 1 unspecified atom stereocenters. The predicted molar refractivity (Wildman–Crippen MR) is 105 cm³/mol. The van der Waals surface area contributed by atoms with E-state index in [1.165, 1.54) is 23.0 Å². The Bertz CT molecular complexity index is 1100. The van der Waals surface area contributed by atoms with E-state index in [4.69, 9.17) is 4.52 Å². The van der Waals surface area contributed by atoms with Gasteiger partial charge in [-0.25, -0.2) is 4.68 Å². The fourth-order valence-corrected chi connectivity index (χ4v) is 3.32. The molecule has 1 fully saturated rings. The lowest BCUT2D eigenvalue weighted by molar-refractivity contribution is -0.137. The zero-order chi connectivity index (χ0) is 22.3. The number of alkyl halides is 3. The largest absolute Gasteiger partial charge is 0.416 e. The molecule has 1 aliphatic carbocycles. The molecule has 1 aromatic carbocycles. The minimum Gasteiger partial charge on any atom is -0.340 e. The van der Waals surface area contributed by atoms with E-state index in [9.17, 15) is 18.0 Å². The van der Waals surface area contributed by atoms with E-state index >= 15 is 0 Å². The lowest BCUT2D eigenvalue weighted by Gasteiger charge is -2.18. The summed E-state index contributed by atoms with van der Waals surface area (Å²) in [5.41, 5.74) is 0.111. The molecule has 164 valence electrons. The van der Waals surface area contributed by atoms with Crippen molar-refractivity contribution in [2.45, 2.75) is 51.7 Å². The van der Waals surface area contributed by atoms with Crippen LogP contribution in [0.25, 0.3) is 5.69 Å². The zero-order valence-electron chi connectivity index (χ0n) is 17.3. The number of benzene rings is 1. The average molecular weight is 433 g/mol. The van der Waals surface area contributed by atoms with Gasteiger partial charge in [-0.1, -0.05) is 25.1 Å². The summed E-state index contributed by atoms with van der Waals surface area (Å²) >= 11 is 0. The molecule has 0 saturated heterocycles. The second-order valence-electron chi connectivity index (χ2n) is 8.06. The highest BCUT2D eigenvalue weighted by molar-refractivity contribution is 5.95. The topological polar surface area (TPSA) is 85.8 Å². The summed E-state index contributed by atoms with van der Waals surface area (Å²) in [4.78, 5) is 17.4. The number of aromatic nitrogens is 4. The van der Waals surface area contributed by atoms with Crippen molar-refractivity contribution in [3.8, 4) is 5.69 Å². The fourth-order valence-electron chi connectivity index (χ4n) is 3.32. The number of hydrogen-bond acceptors (Lipinski definition) is 5. The third-order valence-corrected chi connectivity index (χ3v) is 5.29. The van der Waals surface area contributed by atoms with Crippen LogP contribution in [0.2, 0.25) is 0 Å². The maximum atomic E-state index is 13.0. The molecule has 31 heavy (non-hydrogen) atoms. The second kappa shape index (κ2) is 7.82. The Morgan fingerprint density at radius 3 is 2.68 bits per heavy atom. The molecule has 0 spiro atoms. The van der Waals surface area contributed by atoms with Crippen LogP contribution in [0.5, 0.6) is 0 Å². The molecule has 2 aromatic heterocycles. The Morgan fingerprint density at radius 1 is 1.29 bits per heavy atom. The number of halogens is 3. The number of rotatable bonds is 6. The van der Waals surface area contributed by atoms with Crippen LogP contribution in [0.3, 0.4) is 0 Å². The molecule has 0 aliphatic heterocycles. The van der Waals surface area contributed by atoms with Gasteiger partial charge in [0.15, 0.2) is 5.82 Å². The van der Waals surface area contributed by atoms with Crippen LogP contribution in [0.1, 0.15) is 72.0 Å². The van der Waals surface area contributed by atoms with Crippen LogP contribution in [-0.4, -0.2) is 25.8 Å². The van der Waals surface area contributed by atoms with Gasteiger partial charge in [0.25, 0.3) is 5.91 Å². The van der Waals surface area contributed by atoms with E-state index in [-0.39, 0.29) is 17.2 Å². The first kappa shape index (κ1) is 21.1. The minimum absolute atomic E-state index is 0.0183. The van der Waals surface area contributed by atoms with Crippen LogP contribution in [-0.2, 0) is 6.18 Å². The summed E-state index contributed by atoms with van der Waals surface area (Å²) in [5, 5.41) is 11.0. The first-order chi connectivity index (χ1) is 14.6. The Balaban J connectivity index is 1.57. The van der Waals surface area contributed by atoms with Crippen LogP contribution in [0.4, 0.5) is 13.2 Å². The van der Waals surface area contributed by atoms with Crippen LogP contribution in [0.15, 0.2) is 35.0 Å². The van der Waals surface area contributed by atoms with Crippen LogP contribution >= 0.6 is 0 Å². The summed E-state index contributed by atoms with van der Waals surface area (Å²) in [7, 11) is 0. The van der Waals surface area contributed by atoms with Gasteiger partial charge < -0.3 is 9.84 Å². The quantitative estimate of drug-likeness (QED) is 0.615. The highest BCUT2D eigenvalue weighted by atomic mass is 19.4. The van der Waals surface area contributed by atoms with Crippen LogP contribution < -0.4 is 5.32 Å². The molecule has 7 nitrogen and oxygen atoms in total. The zero-order valence-corrected chi connectivity index (χ0v) is 17.3. The van der Waals surface area contributed by atoms with Crippen molar-refractivity contribution in [3.05, 3.63) is 59.0 Å². The van der Waals surface area contributed by atoms with Crippen molar-refractivity contribution in [1.82, 2.24) is 25.2 Å². The standard InChI is InChI=1S/C21H22F3N5O2/c1-11(2)17(20-27-18(28-31-20)13-7-8-13)26-19(30)16-10-25-29(12(16)3)15-6-4-5-14(9-15)21(22,23)24/h4-6,9-11,13,17H,7-8H2,1-3H3,(H,26,30). The minimum atomic E-state index is -4.47. The van der Waals surface area contributed by atoms with Gasteiger partial charge in [-0.3, -0.25) is 4.79 Å². The molecular formula is C21H22F3N5O2. The van der Waals surface area contributed by atoms with Crippen molar-refractivity contribution >= 4 is 5.91 Å². The number of amides is 1. The van der Waals surface area contributed by atoms with Crippen molar-refractivity contribution in [2.75, 3.05) is 0 Å². The molecular weight excluding hydrogens is 411 g/mol. The van der Waals surface area contributed by atoms with Gasteiger partial charge in [-0.05, 0) is 43.9 Å². The van der Waals surface area contributed by atoms with Gasteiger partial charge >= 0.3 is 6.18 Å². The van der Waals surface area contributed by atoms with Gasteiger partial charge in [0.2, 0.25) is 5.89 Å². The first-order valence-corrected chi connectivity index (χ1v) is 10.0. The summed E-state index contributed by atoms with van der Waals surface area (Å²) in [5.74, 6) is 0.890. The molecule has 2 heterocycles. The van der Waals surface area contributed by atoms with Gasteiger partial charge in [0.1, 0.15) is 6.04 Å². The number of nitrogens with one attached hydrogen (secondary N) is 1. The van der Waals surface area contributed by atoms with Gasteiger partial charge in [0, 0.05) is 5.92 Å². The Labute approximate surface area is 176 Å². The molecule has 1 N–H and O–H groups in total. The van der Waals surface area contributed by atoms with E-state index in [0.717, 1.165) is 25.0 Å². The first-order valence-electron chi connectivity index (χ1n) is 10.0. The smallest absolute Gasteiger partial charge is 0.340 e. The van der Waals surface area contributed by atoms with E-state index in [2.05, 4.69) is 20.6 Å². The van der Waals surface area contributed by atoms with Crippen molar-refractivity contribution < 1.29 is 22.5 Å². The molecule has 1 saturated carbocycles.